The Hall–Kier alpha value is -0.770. The van der Waals surface area contributed by atoms with E-state index in [9.17, 15) is 4.79 Å². The highest BCUT2D eigenvalue weighted by atomic mass is 35.5. The zero-order chi connectivity index (χ0) is 15.6. The van der Waals surface area contributed by atoms with Gasteiger partial charge in [0.25, 0.3) is 0 Å². The summed E-state index contributed by atoms with van der Waals surface area (Å²) in [5.41, 5.74) is 0.923. The maximum absolute atomic E-state index is 12.7. The van der Waals surface area contributed by atoms with E-state index in [0.29, 0.717) is 16.6 Å². The van der Waals surface area contributed by atoms with E-state index in [1.54, 1.807) is 11.0 Å². The molecule has 1 atom stereocenters. The van der Waals surface area contributed by atoms with Crippen molar-refractivity contribution >= 4 is 29.1 Å². The summed E-state index contributed by atoms with van der Waals surface area (Å²) in [6, 6.07) is 5.25. The Morgan fingerprint density at radius 2 is 1.95 bits per heavy atom. The van der Waals surface area contributed by atoms with Gasteiger partial charge in [0.2, 0.25) is 5.91 Å². The van der Waals surface area contributed by atoms with Crippen LogP contribution in [0.1, 0.15) is 32.3 Å². The first-order valence-corrected chi connectivity index (χ1v) is 7.98. The van der Waals surface area contributed by atoms with Crippen molar-refractivity contribution in [1.82, 2.24) is 10.2 Å². The Labute approximate surface area is 136 Å². The van der Waals surface area contributed by atoms with Gasteiger partial charge in [-0.05, 0) is 48.6 Å². The molecule has 1 fully saturated rings. The lowest BCUT2D eigenvalue weighted by molar-refractivity contribution is -0.136. The summed E-state index contributed by atoms with van der Waals surface area (Å²) >= 11 is 12.0. The average Bonchev–Trinajstić information content (AvgIpc) is 2.36. The van der Waals surface area contributed by atoms with Crippen molar-refractivity contribution in [2.45, 2.75) is 39.3 Å². The molecule has 3 nitrogen and oxygen atoms in total. The first-order chi connectivity index (χ1) is 9.79. The maximum atomic E-state index is 12.7. The number of amides is 1. The molecule has 0 aliphatic carbocycles. The molecular formula is C16H22Cl2N2O. The van der Waals surface area contributed by atoms with Gasteiger partial charge in [-0.25, -0.2) is 0 Å². The summed E-state index contributed by atoms with van der Waals surface area (Å²) in [6.45, 7) is 5.70. The fourth-order valence-electron chi connectivity index (χ4n) is 2.91. The molecule has 0 spiro atoms. The Bertz CT molecular complexity index is 511. The van der Waals surface area contributed by atoms with E-state index in [1.165, 1.54) is 0 Å². The second-order valence-corrected chi connectivity index (χ2v) is 7.32. The fraction of sp³-hybridized carbons (Fsp3) is 0.562. The SMILES string of the molecule is CN(Cc1cc(Cl)cc(Cl)c1)C(=O)C1NCCCC1(C)C. The van der Waals surface area contributed by atoms with Crippen LogP contribution in [-0.2, 0) is 11.3 Å². The van der Waals surface area contributed by atoms with Crippen LogP contribution in [0.2, 0.25) is 10.0 Å². The van der Waals surface area contributed by atoms with Gasteiger partial charge in [0.15, 0.2) is 0 Å². The normalized spacial score (nSPS) is 21.1. The smallest absolute Gasteiger partial charge is 0.240 e. The fourth-order valence-corrected chi connectivity index (χ4v) is 3.48. The summed E-state index contributed by atoms with van der Waals surface area (Å²) < 4.78 is 0. The third-order valence-electron chi connectivity index (χ3n) is 4.09. The molecule has 0 radical (unpaired) electrons. The lowest BCUT2D eigenvalue weighted by Gasteiger charge is -2.40. The Kier molecular flexibility index (Phi) is 5.18. The summed E-state index contributed by atoms with van der Waals surface area (Å²) in [5.74, 6) is 0.121. The number of nitrogens with one attached hydrogen (secondary N) is 1. The molecule has 21 heavy (non-hydrogen) atoms. The predicted octanol–water partition coefficient (Wildman–Crippen LogP) is 3.73. The molecule has 1 N–H and O–H groups in total. The molecular weight excluding hydrogens is 307 g/mol. The number of hydrogen-bond donors (Lipinski definition) is 1. The van der Waals surface area contributed by atoms with Crippen LogP contribution in [0.5, 0.6) is 0 Å². The molecule has 1 aromatic rings. The van der Waals surface area contributed by atoms with E-state index in [2.05, 4.69) is 19.2 Å². The maximum Gasteiger partial charge on any atom is 0.240 e. The standard InChI is InChI=1S/C16H22Cl2N2O/c1-16(2)5-4-6-19-14(16)15(21)20(3)10-11-7-12(17)9-13(18)8-11/h7-9,14,19H,4-6,10H2,1-3H3. The van der Waals surface area contributed by atoms with Gasteiger partial charge in [0, 0.05) is 23.6 Å². The number of carbonyl (C=O) groups excluding carboxylic acids is 1. The van der Waals surface area contributed by atoms with Crippen LogP contribution < -0.4 is 5.32 Å². The zero-order valence-corrected chi connectivity index (χ0v) is 14.3. The van der Waals surface area contributed by atoms with Gasteiger partial charge < -0.3 is 10.2 Å². The molecule has 1 aliphatic heterocycles. The van der Waals surface area contributed by atoms with E-state index in [0.717, 1.165) is 24.9 Å². The molecule has 5 heteroatoms. The van der Waals surface area contributed by atoms with Crippen molar-refractivity contribution in [2.24, 2.45) is 5.41 Å². The highest BCUT2D eigenvalue weighted by Gasteiger charge is 2.38. The number of likely N-dealkylation sites (N-methyl/N-ethyl adjacent to an activating group) is 1. The second-order valence-electron chi connectivity index (χ2n) is 6.45. The molecule has 2 rings (SSSR count). The van der Waals surface area contributed by atoms with E-state index < -0.39 is 0 Å². The minimum absolute atomic E-state index is 0.0183. The largest absolute Gasteiger partial charge is 0.340 e. The zero-order valence-electron chi connectivity index (χ0n) is 12.7. The van der Waals surface area contributed by atoms with Crippen molar-refractivity contribution < 1.29 is 4.79 Å². The Morgan fingerprint density at radius 1 is 1.33 bits per heavy atom. The van der Waals surface area contributed by atoms with Crippen LogP contribution in [0.4, 0.5) is 0 Å². The summed E-state index contributed by atoms with van der Waals surface area (Å²) in [5, 5.41) is 4.54. The van der Waals surface area contributed by atoms with Crippen LogP contribution in [0.3, 0.4) is 0 Å². The summed E-state index contributed by atoms with van der Waals surface area (Å²) in [4.78, 5) is 14.4. The van der Waals surface area contributed by atoms with Gasteiger partial charge >= 0.3 is 0 Å². The van der Waals surface area contributed by atoms with Crippen molar-refractivity contribution in [1.29, 1.82) is 0 Å². The molecule has 1 aliphatic rings. The monoisotopic (exact) mass is 328 g/mol. The summed E-state index contributed by atoms with van der Waals surface area (Å²) in [7, 11) is 1.82. The lowest BCUT2D eigenvalue weighted by Crippen LogP contribution is -2.55. The highest BCUT2D eigenvalue weighted by molar-refractivity contribution is 6.34. The number of nitrogens with zero attached hydrogens (tertiary/aromatic N) is 1. The third kappa shape index (κ3) is 4.12. The number of rotatable bonds is 3. The minimum Gasteiger partial charge on any atom is -0.340 e. The lowest BCUT2D eigenvalue weighted by atomic mass is 9.77. The predicted molar refractivity (Wildman–Crippen MR) is 87.7 cm³/mol. The average molecular weight is 329 g/mol. The van der Waals surface area contributed by atoms with Crippen molar-refractivity contribution in [3.63, 3.8) is 0 Å². The van der Waals surface area contributed by atoms with Crippen LogP contribution in [0.25, 0.3) is 0 Å². The first-order valence-electron chi connectivity index (χ1n) is 7.23. The second kappa shape index (κ2) is 6.55. The van der Waals surface area contributed by atoms with E-state index in [1.807, 2.05) is 19.2 Å². The number of carbonyl (C=O) groups is 1. The molecule has 1 amide bonds. The highest BCUT2D eigenvalue weighted by Crippen LogP contribution is 2.31. The van der Waals surface area contributed by atoms with Gasteiger partial charge in [-0.2, -0.15) is 0 Å². The number of piperidine rings is 1. The molecule has 0 saturated carbocycles. The Morgan fingerprint density at radius 3 is 2.52 bits per heavy atom. The molecule has 1 aromatic carbocycles. The van der Waals surface area contributed by atoms with Crippen molar-refractivity contribution in [2.75, 3.05) is 13.6 Å². The van der Waals surface area contributed by atoms with E-state index >= 15 is 0 Å². The van der Waals surface area contributed by atoms with Gasteiger partial charge in [0.05, 0.1) is 6.04 Å². The Balaban J connectivity index is 2.08. The van der Waals surface area contributed by atoms with Gasteiger partial charge in [-0.3, -0.25) is 4.79 Å². The number of halogens is 2. The molecule has 0 bridgehead atoms. The molecule has 1 saturated heterocycles. The molecule has 1 heterocycles. The molecule has 1 unspecified atom stereocenters. The summed E-state index contributed by atoms with van der Waals surface area (Å²) in [6.07, 6.45) is 2.18. The van der Waals surface area contributed by atoms with Crippen LogP contribution in [-0.4, -0.2) is 30.4 Å². The quantitative estimate of drug-likeness (QED) is 0.916. The van der Waals surface area contributed by atoms with Crippen molar-refractivity contribution in [3.8, 4) is 0 Å². The first kappa shape index (κ1) is 16.6. The number of benzene rings is 1. The van der Waals surface area contributed by atoms with Crippen LogP contribution in [0.15, 0.2) is 18.2 Å². The van der Waals surface area contributed by atoms with Gasteiger partial charge in [-0.15, -0.1) is 0 Å². The van der Waals surface area contributed by atoms with Crippen LogP contribution in [0, 0.1) is 5.41 Å². The molecule has 116 valence electrons. The number of hydrogen-bond acceptors (Lipinski definition) is 2. The van der Waals surface area contributed by atoms with Crippen molar-refractivity contribution in [3.05, 3.63) is 33.8 Å². The topological polar surface area (TPSA) is 32.3 Å². The van der Waals surface area contributed by atoms with Gasteiger partial charge in [0.1, 0.15) is 0 Å². The molecule has 0 aromatic heterocycles. The van der Waals surface area contributed by atoms with E-state index in [-0.39, 0.29) is 17.4 Å². The van der Waals surface area contributed by atoms with Crippen LogP contribution >= 0.6 is 23.2 Å². The third-order valence-corrected chi connectivity index (χ3v) is 4.53. The van der Waals surface area contributed by atoms with Gasteiger partial charge in [-0.1, -0.05) is 37.0 Å². The van der Waals surface area contributed by atoms with E-state index in [4.69, 9.17) is 23.2 Å². The minimum atomic E-state index is -0.133.